The van der Waals surface area contributed by atoms with E-state index in [4.69, 9.17) is 11.2 Å². The van der Waals surface area contributed by atoms with Gasteiger partial charge in [0.25, 0.3) is 0 Å². The Balaban J connectivity index is 2.03. The average molecular weight is 181 g/mol. The molecule has 0 heterocycles. The molecule has 1 fully saturated rings. The number of rotatable bonds is 7. The number of hydrogen-bond acceptors (Lipinski definition) is 2. The molecule has 0 amide bonds. The number of hydrogen-bond donors (Lipinski definition) is 1. The van der Waals surface area contributed by atoms with Gasteiger partial charge in [0.2, 0.25) is 0 Å². The Morgan fingerprint density at radius 2 is 2.31 bits per heavy atom. The molecule has 0 bridgehead atoms. The first-order chi connectivity index (χ1) is 6.33. The number of methoxy groups -OCH3 is 1. The summed E-state index contributed by atoms with van der Waals surface area (Å²) in [5.41, 5.74) is 0.546. The Bertz CT molecular complexity index is 179. The zero-order valence-corrected chi connectivity index (χ0v) is 8.44. The van der Waals surface area contributed by atoms with Crippen LogP contribution >= 0.6 is 0 Å². The highest BCUT2D eigenvalue weighted by Gasteiger charge is 2.41. The van der Waals surface area contributed by atoms with E-state index in [0.29, 0.717) is 5.41 Å². The van der Waals surface area contributed by atoms with Gasteiger partial charge in [-0.05, 0) is 24.7 Å². The maximum atomic E-state index is 5.16. The van der Waals surface area contributed by atoms with Gasteiger partial charge < -0.3 is 10.1 Å². The second kappa shape index (κ2) is 5.26. The van der Waals surface area contributed by atoms with Crippen molar-refractivity contribution in [2.24, 2.45) is 5.41 Å². The normalized spacial score (nSPS) is 18.2. The molecule has 0 atom stereocenters. The predicted octanol–water partition coefficient (Wildman–Crippen LogP) is 1.42. The summed E-state index contributed by atoms with van der Waals surface area (Å²) < 4.78 is 5.09. The molecule has 0 spiro atoms. The van der Waals surface area contributed by atoms with Gasteiger partial charge in [-0.3, -0.25) is 0 Å². The molecule has 74 valence electrons. The first-order valence-corrected chi connectivity index (χ1v) is 4.96. The molecule has 1 aliphatic rings. The summed E-state index contributed by atoms with van der Waals surface area (Å²) >= 11 is 0. The number of ether oxygens (including phenoxy) is 1. The van der Waals surface area contributed by atoms with E-state index >= 15 is 0 Å². The monoisotopic (exact) mass is 181 g/mol. The lowest BCUT2D eigenvalue weighted by molar-refractivity contribution is 0.171. The number of terminal acetylenes is 1. The first kappa shape index (κ1) is 10.6. The van der Waals surface area contributed by atoms with Gasteiger partial charge >= 0.3 is 0 Å². The Kier molecular flexibility index (Phi) is 4.27. The molecule has 0 saturated heterocycles. The molecule has 13 heavy (non-hydrogen) atoms. The minimum Gasteiger partial charge on any atom is -0.385 e. The van der Waals surface area contributed by atoms with Crippen LogP contribution in [0.1, 0.15) is 25.7 Å². The molecular weight excluding hydrogens is 162 g/mol. The summed E-state index contributed by atoms with van der Waals surface area (Å²) in [6.45, 7) is 2.94. The van der Waals surface area contributed by atoms with Gasteiger partial charge in [-0.25, -0.2) is 0 Å². The summed E-state index contributed by atoms with van der Waals surface area (Å²) in [5.74, 6) is 2.63. The Hall–Kier alpha value is -0.520. The minimum absolute atomic E-state index is 0.546. The van der Waals surface area contributed by atoms with Crippen molar-refractivity contribution >= 4 is 0 Å². The van der Waals surface area contributed by atoms with Crippen LogP contribution < -0.4 is 5.32 Å². The van der Waals surface area contributed by atoms with Crippen LogP contribution in [0.5, 0.6) is 0 Å². The van der Waals surface area contributed by atoms with Gasteiger partial charge in [-0.1, -0.05) is 0 Å². The van der Waals surface area contributed by atoms with E-state index < -0.39 is 0 Å². The van der Waals surface area contributed by atoms with E-state index in [1.165, 1.54) is 19.3 Å². The van der Waals surface area contributed by atoms with Crippen molar-refractivity contribution in [3.05, 3.63) is 0 Å². The van der Waals surface area contributed by atoms with Crippen molar-refractivity contribution in [1.29, 1.82) is 0 Å². The topological polar surface area (TPSA) is 21.3 Å². The van der Waals surface area contributed by atoms with Gasteiger partial charge in [0, 0.05) is 33.2 Å². The Morgan fingerprint density at radius 1 is 1.54 bits per heavy atom. The van der Waals surface area contributed by atoms with E-state index in [0.717, 1.165) is 26.1 Å². The minimum atomic E-state index is 0.546. The summed E-state index contributed by atoms with van der Waals surface area (Å²) in [6, 6.07) is 0. The molecule has 0 unspecified atom stereocenters. The van der Waals surface area contributed by atoms with Crippen LogP contribution in [-0.4, -0.2) is 26.8 Å². The van der Waals surface area contributed by atoms with Crippen molar-refractivity contribution in [3.8, 4) is 12.3 Å². The molecule has 0 radical (unpaired) electrons. The zero-order valence-electron chi connectivity index (χ0n) is 8.44. The lowest BCUT2D eigenvalue weighted by atomic mass is 10.0. The third-order valence-corrected chi connectivity index (χ3v) is 2.74. The van der Waals surface area contributed by atoms with Gasteiger partial charge in [0.1, 0.15) is 0 Å². The van der Waals surface area contributed by atoms with Gasteiger partial charge in [0.15, 0.2) is 0 Å². The van der Waals surface area contributed by atoms with E-state index in [1.54, 1.807) is 7.11 Å². The van der Waals surface area contributed by atoms with Crippen molar-refractivity contribution < 1.29 is 4.74 Å². The van der Waals surface area contributed by atoms with Crippen LogP contribution in [-0.2, 0) is 4.74 Å². The zero-order chi connectivity index (χ0) is 9.57. The molecule has 1 N–H and O–H groups in total. The lowest BCUT2D eigenvalue weighted by Gasteiger charge is -2.14. The highest BCUT2D eigenvalue weighted by molar-refractivity contribution is 4.95. The van der Waals surface area contributed by atoms with Crippen LogP contribution in [0.4, 0.5) is 0 Å². The molecule has 0 aliphatic heterocycles. The van der Waals surface area contributed by atoms with E-state index in [1.807, 2.05) is 0 Å². The van der Waals surface area contributed by atoms with Crippen LogP contribution in [0, 0.1) is 17.8 Å². The molecule has 1 aliphatic carbocycles. The summed E-state index contributed by atoms with van der Waals surface area (Å²) in [6.07, 6.45) is 9.88. The molecule has 2 heteroatoms. The largest absolute Gasteiger partial charge is 0.385 e. The van der Waals surface area contributed by atoms with Gasteiger partial charge in [-0.15, -0.1) is 12.3 Å². The second-order valence-electron chi connectivity index (χ2n) is 3.87. The third-order valence-electron chi connectivity index (χ3n) is 2.74. The molecule has 1 rings (SSSR count). The summed E-state index contributed by atoms with van der Waals surface area (Å²) in [5, 5.41) is 3.40. The highest BCUT2D eigenvalue weighted by atomic mass is 16.5. The van der Waals surface area contributed by atoms with Crippen molar-refractivity contribution in [2.45, 2.75) is 25.7 Å². The van der Waals surface area contributed by atoms with Crippen molar-refractivity contribution in [3.63, 3.8) is 0 Å². The third kappa shape index (κ3) is 3.80. The number of nitrogens with one attached hydrogen (secondary N) is 1. The maximum Gasteiger partial charge on any atom is 0.0468 e. The van der Waals surface area contributed by atoms with Crippen LogP contribution in [0.15, 0.2) is 0 Å². The predicted molar refractivity (Wildman–Crippen MR) is 54.5 cm³/mol. The van der Waals surface area contributed by atoms with E-state index in [2.05, 4.69) is 11.2 Å². The van der Waals surface area contributed by atoms with Crippen LogP contribution in [0.25, 0.3) is 0 Å². The quantitative estimate of drug-likeness (QED) is 0.474. The fourth-order valence-electron chi connectivity index (χ4n) is 1.52. The van der Waals surface area contributed by atoms with Crippen LogP contribution in [0.2, 0.25) is 0 Å². The van der Waals surface area contributed by atoms with Crippen molar-refractivity contribution in [2.75, 3.05) is 26.8 Å². The van der Waals surface area contributed by atoms with E-state index in [-0.39, 0.29) is 0 Å². The van der Waals surface area contributed by atoms with Crippen LogP contribution in [0.3, 0.4) is 0 Å². The molecule has 0 aromatic heterocycles. The second-order valence-corrected chi connectivity index (χ2v) is 3.87. The Labute approximate surface area is 81.0 Å². The molecule has 2 nitrogen and oxygen atoms in total. The lowest BCUT2D eigenvalue weighted by Crippen LogP contribution is -2.25. The van der Waals surface area contributed by atoms with Gasteiger partial charge in [-0.2, -0.15) is 0 Å². The molecule has 0 aromatic carbocycles. The fraction of sp³-hybridized carbons (Fsp3) is 0.818. The molecular formula is C11H19NO. The van der Waals surface area contributed by atoms with Gasteiger partial charge in [0.05, 0.1) is 0 Å². The SMILES string of the molecule is C#CCCNCC1(CCOC)CC1. The Morgan fingerprint density at radius 3 is 2.85 bits per heavy atom. The first-order valence-electron chi connectivity index (χ1n) is 4.96. The smallest absolute Gasteiger partial charge is 0.0468 e. The summed E-state index contributed by atoms with van der Waals surface area (Å²) in [7, 11) is 1.77. The average Bonchev–Trinajstić information content (AvgIpc) is 2.91. The standard InChI is InChI=1S/C11H19NO/c1-3-4-8-12-10-11(5-6-11)7-9-13-2/h1,12H,4-10H2,2H3. The summed E-state index contributed by atoms with van der Waals surface area (Å²) in [4.78, 5) is 0. The highest BCUT2D eigenvalue weighted by Crippen LogP contribution is 2.48. The molecule has 1 saturated carbocycles. The van der Waals surface area contributed by atoms with Crippen molar-refractivity contribution in [1.82, 2.24) is 5.32 Å². The fourth-order valence-corrected chi connectivity index (χ4v) is 1.52. The maximum absolute atomic E-state index is 5.16. The molecule has 0 aromatic rings. The van der Waals surface area contributed by atoms with E-state index in [9.17, 15) is 0 Å².